The summed E-state index contributed by atoms with van der Waals surface area (Å²) in [6, 6.07) is 15.1. The second-order valence-electron chi connectivity index (χ2n) is 4.86. The van der Waals surface area contributed by atoms with Crippen LogP contribution in [0.25, 0.3) is 5.70 Å². The molecule has 2 aromatic carbocycles. The lowest BCUT2D eigenvalue weighted by molar-refractivity contribution is 0.984. The van der Waals surface area contributed by atoms with Gasteiger partial charge in [0.1, 0.15) is 0 Å². The van der Waals surface area contributed by atoms with Crippen LogP contribution in [-0.2, 0) is 0 Å². The number of rotatable bonds is 2. The molecule has 0 unspecified atom stereocenters. The number of hydrogen-bond acceptors (Lipinski definition) is 4. The van der Waals surface area contributed by atoms with Crippen molar-refractivity contribution in [3.63, 3.8) is 0 Å². The van der Waals surface area contributed by atoms with Gasteiger partial charge in [-0.1, -0.05) is 59.2 Å². The third-order valence-electron chi connectivity index (χ3n) is 3.19. The lowest BCUT2D eigenvalue weighted by atomic mass is 10.1. The van der Waals surface area contributed by atoms with Crippen LogP contribution in [0.5, 0.6) is 0 Å². The Bertz CT molecular complexity index is 794. The summed E-state index contributed by atoms with van der Waals surface area (Å²) in [6.45, 7) is 2.04. The van der Waals surface area contributed by atoms with Gasteiger partial charge in [0.25, 0.3) is 0 Å². The molecule has 0 aliphatic carbocycles. The lowest BCUT2D eigenvalue weighted by Gasteiger charge is -2.16. The zero-order valence-electron chi connectivity index (χ0n) is 12.3. The predicted molar refractivity (Wildman–Crippen MR) is 101 cm³/mol. The highest BCUT2D eigenvalue weighted by atomic mass is 35.5. The fraction of sp³-hybridized carbons (Fsp3) is 0.0588. The van der Waals surface area contributed by atoms with E-state index in [0.717, 1.165) is 21.7 Å². The molecule has 1 aliphatic rings. The van der Waals surface area contributed by atoms with Gasteiger partial charge in [0.2, 0.25) is 5.17 Å². The molecule has 6 heteroatoms. The first kappa shape index (κ1) is 16.1. The molecule has 0 saturated carbocycles. The summed E-state index contributed by atoms with van der Waals surface area (Å²) in [5, 5.41) is 6.39. The fourth-order valence-corrected chi connectivity index (χ4v) is 3.00. The van der Waals surface area contributed by atoms with Gasteiger partial charge in [-0.3, -0.25) is 5.43 Å². The van der Waals surface area contributed by atoms with Crippen molar-refractivity contribution in [3.05, 3.63) is 74.6 Å². The average molecular weight is 362 g/mol. The summed E-state index contributed by atoms with van der Waals surface area (Å²) >= 11 is 13.3. The van der Waals surface area contributed by atoms with Crippen LogP contribution in [0.3, 0.4) is 0 Å². The minimum Gasteiger partial charge on any atom is -0.274 e. The van der Waals surface area contributed by atoms with Crippen molar-refractivity contribution < 1.29 is 0 Å². The minimum atomic E-state index is 0.662. The molecule has 0 bridgehead atoms. The number of hydrazone groups is 1. The maximum absolute atomic E-state index is 5.92. The van der Waals surface area contributed by atoms with Crippen molar-refractivity contribution in [1.29, 1.82) is 0 Å². The molecular formula is C17H13Cl2N3S. The van der Waals surface area contributed by atoms with Crippen LogP contribution in [0.1, 0.15) is 18.1 Å². The highest BCUT2D eigenvalue weighted by Gasteiger charge is 2.14. The van der Waals surface area contributed by atoms with Crippen molar-refractivity contribution in [2.24, 2.45) is 10.1 Å². The molecular weight excluding hydrogens is 349 g/mol. The number of halogens is 2. The summed E-state index contributed by atoms with van der Waals surface area (Å²) in [7, 11) is 0. The number of amidine groups is 1. The highest BCUT2D eigenvalue weighted by molar-refractivity contribution is 8.17. The number of nitrogens with zero attached hydrogens (tertiary/aromatic N) is 2. The molecule has 116 valence electrons. The second-order valence-corrected chi connectivity index (χ2v) is 6.91. The Morgan fingerprint density at radius 3 is 2.22 bits per heavy atom. The summed E-state index contributed by atoms with van der Waals surface area (Å²) in [5.74, 6) is 0. The third-order valence-corrected chi connectivity index (χ3v) is 4.58. The largest absolute Gasteiger partial charge is 0.274 e. The quantitative estimate of drug-likeness (QED) is 0.726. The summed E-state index contributed by atoms with van der Waals surface area (Å²) in [6.07, 6.45) is 1.77. The topological polar surface area (TPSA) is 36.8 Å². The normalized spacial score (nSPS) is 14.8. The van der Waals surface area contributed by atoms with Crippen LogP contribution in [0.15, 0.2) is 63.5 Å². The number of hydrogen-bond donors (Lipinski definition) is 1. The average Bonchev–Trinajstić information content (AvgIpc) is 2.55. The van der Waals surface area contributed by atoms with Crippen LogP contribution in [-0.4, -0.2) is 11.4 Å². The Labute approximate surface area is 149 Å². The Hall–Kier alpha value is -1.75. The number of allylic oxidation sites excluding steroid dienone is 1. The van der Waals surface area contributed by atoms with Crippen molar-refractivity contribution >= 4 is 52.0 Å². The van der Waals surface area contributed by atoms with Gasteiger partial charge in [0.05, 0.1) is 5.70 Å². The van der Waals surface area contributed by atoms with Crippen LogP contribution >= 0.6 is 35.0 Å². The molecule has 23 heavy (non-hydrogen) atoms. The first-order valence-corrected chi connectivity index (χ1v) is 8.47. The van der Waals surface area contributed by atoms with Gasteiger partial charge in [-0.2, -0.15) is 0 Å². The molecule has 0 aromatic heterocycles. The molecule has 1 heterocycles. The number of benzene rings is 2. The summed E-state index contributed by atoms with van der Waals surface area (Å²) in [4.78, 5) is 5.51. The van der Waals surface area contributed by atoms with Gasteiger partial charge in [-0.15, -0.1) is 5.10 Å². The number of thioether (sulfide) groups is 1. The van der Waals surface area contributed by atoms with E-state index in [1.165, 1.54) is 11.8 Å². The number of aliphatic imine (C=N–C) groups is 1. The van der Waals surface area contributed by atoms with Crippen LogP contribution in [0.2, 0.25) is 10.0 Å². The second kappa shape index (κ2) is 7.21. The van der Waals surface area contributed by atoms with E-state index in [0.29, 0.717) is 15.2 Å². The number of nitrogens with one attached hydrogen (secondary N) is 1. The van der Waals surface area contributed by atoms with Gasteiger partial charge in [-0.05, 0) is 36.8 Å². The van der Waals surface area contributed by atoms with Crippen molar-refractivity contribution in [2.45, 2.75) is 6.92 Å². The smallest absolute Gasteiger partial charge is 0.211 e. The van der Waals surface area contributed by atoms with E-state index in [-0.39, 0.29) is 0 Å². The molecule has 0 atom stereocenters. The van der Waals surface area contributed by atoms with E-state index in [1.807, 2.05) is 55.5 Å². The third kappa shape index (κ3) is 4.16. The minimum absolute atomic E-state index is 0.662. The molecule has 0 amide bonds. The van der Waals surface area contributed by atoms with E-state index < -0.39 is 0 Å². The Balaban J connectivity index is 1.72. The first-order chi connectivity index (χ1) is 11.1. The van der Waals surface area contributed by atoms with Gasteiger partial charge in [0, 0.05) is 26.7 Å². The van der Waals surface area contributed by atoms with E-state index in [4.69, 9.17) is 23.2 Å². The molecule has 0 radical (unpaired) electrons. The lowest BCUT2D eigenvalue weighted by Crippen LogP contribution is -2.13. The molecule has 3 nitrogen and oxygen atoms in total. The van der Waals surface area contributed by atoms with Crippen molar-refractivity contribution in [2.75, 3.05) is 0 Å². The molecule has 0 spiro atoms. The van der Waals surface area contributed by atoms with Gasteiger partial charge in [0.15, 0.2) is 0 Å². The monoisotopic (exact) mass is 361 g/mol. The fourth-order valence-electron chi connectivity index (χ4n) is 2.01. The van der Waals surface area contributed by atoms with Crippen molar-refractivity contribution in [1.82, 2.24) is 5.43 Å². The van der Waals surface area contributed by atoms with E-state index >= 15 is 0 Å². The highest BCUT2D eigenvalue weighted by Crippen LogP contribution is 2.30. The maximum atomic E-state index is 5.92. The van der Waals surface area contributed by atoms with Gasteiger partial charge >= 0.3 is 0 Å². The SMILES string of the molecule is CC1=C(c2ccc(Cl)cc2)NN=C(N=Cc2ccc(Cl)cc2)S1. The Kier molecular flexibility index (Phi) is 5.06. The maximum Gasteiger partial charge on any atom is 0.211 e. The zero-order valence-corrected chi connectivity index (χ0v) is 14.6. The molecule has 0 saturated heterocycles. The molecule has 0 fully saturated rings. The standard InChI is InChI=1S/C17H13Cl2N3S/c1-11-16(13-4-8-15(19)9-5-13)21-22-17(23-11)20-10-12-2-6-14(18)7-3-12/h2-10,21H,1H3. The first-order valence-electron chi connectivity index (χ1n) is 6.90. The van der Waals surface area contributed by atoms with Gasteiger partial charge in [-0.25, -0.2) is 4.99 Å². The molecule has 1 N–H and O–H groups in total. The Morgan fingerprint density at radius 1 is 1.00 bits per heavy atom. The molecule has 1 aliphatic heterocycles. The molecule has 3 rings (SSSR count). The zero-order chi connectivity index (χ0) is 16.2. The van der Waals surface area contributed by atoms with E-state index in [1.54, 1.807) is 6.21 Å². The van der Waals surface area contributed by atoms with Crippen LogP contribution < -0.4 is 5.43 Å². The summed E-state index contributed by atoms with van der Waals surface area (Å²) < 4.78 is 0. The van der Waals surface area contributed by atoms with Crippen LogP contribution in [0, 0.1) is 0 Å². The van der Waals surface area contributed by atoms with E-state index in [2.05, 4.69) is 15.5 Å². The van der Waals surface area contributed by atoms with Crippen LogP contribution in [0.4, 0.5) is 0 Å². The summed E-state index contributed by atoms with van der Waals surface area (Å²) in [5.41, 5.74) is 6.06. The molecule has 2 aromatic rings. The predicted octanol–water partition coefficient (Wildman–Crippen LogP) is 5.41. The van der Waals surface area contributed by atoms with E-state index in [9.17, 15) is 0 Å². The van der Waals surface area contributed by atoms with Gasteiger partial charge < -0.3 is 0 Å². The Morgan fingerprint density at radius 2 is 1.61 bits per heavy atom. The van der Waals surface area contributed by atoms with Crippen molar-refractivity contribution in [3.8, 4) is 0 Å².